The molecule has 0 bridgehead atoms. The van der Waals surface area contributed by atoms with Gasteiger partial charge in [-0.3, -0.25) is 0 Å². The van der Waals surface area contributed by atoms with E-state index < -0.39 is 0 Å². The Morgan fingerprint density at radius 3 is 2.73 bits per heavy atom. The van der Waals surface area contributed by atoms with Gasteiger partial charge in [-0.15, -0.1) is 0 Å². The predicted molar refractivity (Wildman–Crippen MR) is 62.5 cm³/mol. The van der Waals surface area contributed by atoms with Crippen molar-refractivity contribution in [3.8, 4) is 5.75 Å². The maximum absolute atomic E-state index is 6.09. The van der Waals surface area contributed by atoms with E-state index in [1.807, 2.05) is 12.1 Å². The van der Waals surface area contributed by atoms with Gasteiger partial charge in [0.1, 0.15) is 5.75 Å². The lowest BCUT2D eigenvalue weighted by Gasteiger charge is -2.15. The van der Waals surface area contributed by atoms with Crippen molar-refractivity contribution < 1.29 is 4.74 Å². The molecule has 1 aliphatic carbocycles. The molecule has 0 saturated heterocycles. The molecular weight excluding hydrogens is 210 g/mol. The van der Waals surface area contributed by atoms with Crippen LogP contribution < -0.4 is 10.5 Å². The first-order chi connectivity index (χ1) is 7.26. The second-order valence-corrected chi connectivity index (χ2v) is 4.48. The van der Waals surface area contributed by atoms with E-state index in [-0.39, 0.29) is 0 Å². The first kappa shape index (κ1) is 10.8. The lowest BCUT2D eigenvalue weighted by Crippen LogP contribution is -2.14. The highest BCUT2D eigenvalue weighted by molar-refractivity contribution is 6.32. The van der Waals surface area contributed by atoms with Crippen LogP contribution in [0.1, 0.15) is 24.3 Å². The van der Waals surface area contributed by atoms with Crippen LogP contribution in [0, 0.1) is 5.92 Å². The average molecular weight is 226 g/mol. The average Bonchev–Trinajstić information content (AvgIpc) is 3.03. The van der Waals surface area contributed by atoms with Gasteiger partial charge in [-0.2, -0.15) is 0 Å². The van der Waals surface area contributed by atoms with Crippen molar-refractivity contribution in [2.45, 2.75) is 18.8 Å². The zero-order chi connectivity index (χ0) is 10.8. The van der Waals surface area contributed by atoms with Crippen LogP contribution in [-0.4, -0.2) is 13.7 Å². The largest absolute Gasteiger partial charge is 0.495 e. The minimum absolute atomic E-state index is 0.466. The lowest BCUT2D eigenvalue weighted by molar-refractivity contribution is 0.414. The van der Waals surface area contributed by atoms with Crippen LogP contribution in [0.3, 0.4) is 0 Å². The Morgan fingerprint density at radius 2 is 2.27 bits per heavy atom. The molecule has 2 N–H and O–H groups in total. The molecule has 2 rings (SSSR count). The summed E-state index contributed by atoms with van der Waals surface area (Å²) < 4.78 is 5.13. The van der Waals surface area contributed by atoms with Gasteiger partial charge in [-0.1, -0.05) is 17.7 Å². The Kier molecular flexibility index (Phi) is 3.17. The van der Waals surface area contributed by atoms with Gasteiger partial charge in [-0.25, -0.2) is 0 Å². The molecule has 15 heavy (non-hydrogen) atoms. The molecule has 1 aliphatic rings. The molecule has 82 valence electrons. The molecule has 1 fully saturated rings. The van der Waals surface area contributed by atoms with E-state index in [0.29, 0.717) is 17.5 Å². The molecule has 0 aliphatic heterocycles. The van der Waals surface area contributed by atoms with Gasteiger partial charge in [0, 0.05) is 0 Å². The summed E-state index contributed by atoms with van der Waals surface area (Å²) in [5.41, 5.74) is 7.03. The van der Waals surface area contributed by atoms with E-state index in [1.54, 1.807) is 7.11 Å². The van der Waals surface area contributed by atoms with Crippen molar-refractivity contribution >= 4 is 11.6 Å². The Morgan fingerprint density at radius 1 is 1.53 bits per heavy atom. The van der Waals surface area contributed by atoms with Gasteiger partial charge in [0.25, 0.3) is 0 Å². The summed E-state index contributed by atoms with van der Waals surface area (Å²) in [6.45, 7) is 0.702. The van der Waals surface area contributed by atoms with E-state index in [4.69, 9.17) is 22.1 Å². The fraction of sp³-hybridized carbons (Fsp3) is 0.500. The van der Waals surface area contributed by atoms with E-state index in [9.17, 15) is 0 Å². The van der Waals surface area contributed by atoms with Gasteiger partial charge in [-0.05, 0) is 48.9 Å². The highest BCUT2D eigenvalue weighted by Gasteiger charge is 2.31. The summed E-state index contributed by atoms with van der Waals surface area (Å²) in [7, 11) is 1.63. The highest BCUT2D eigenvalue weighted by atomic mass is 35.5. The number of methoxy groups -OCH3 is 1. The molecule has 1 atom stereocenters. The predicted octanol–water partition coefficient (Wildman–Crippen LogP) is 2.80. The third kappa shape index (κ3) is 2.27. The van der Waals surface area contributed by atoms with Gasteiger partial charge in [0.15, 0.2) is 0 Å². The number of benzene rings is 1. The van der Waals surface area contributed by atoms with Crippen molar-refractivity contribution in [2.75, 3.05) is 13.7 Å². The minimum atomic E-state index is 0.466. The summed E-state index contributed by atoms with van der Waals surface area (Å²) >= 11 is 6.09. The topological polar surface area (TPSA) is 35.2 Å². The number of hydrogen-bond donors (Lipinski definition) is 1. The molecule has 0 spiro atoms. The zero-order valence-electron chi connectivity index (χ0n) is 8.87. The molecule has 0 radical (unpaired) electrons. The van der Waals surface area contributed by atoms with E-state index in [1.165, 1.54) is 18.4 Å². The Labute approximate surface area is 95.4 Å². The molecule has 2 nitrogen and oxygen atoms in total. The second-order valence-electron chi connectivity index (χ2n) is 4.07. The van der Waals surface area contributed by atoms with Crippen molar-refractivity contribution in [2.24, 2.45) is 11.7 Å². The summed E-state index contributed by atoms with van der Waals surface area (Å²) in [4.78, 5) is 0. The number of halogens is 1. The summed E-state index contributed by atoms with van der Waals surface area (Å²) in [6.07, 6.45) is 2.59. The maximum atomic E-state index is 6.09. The summed E-state index contributed by atoms with van der Waals surface area (Å²) in [6, 6.07) is 5.97. The Hall–Kier alpha value is -0.730. The second kappa shape index (κ2) is 4.42. The van der Waals surface area contributed by atoms with Crippen LogP contribution in [0.4, 0.5) is 0 Å². The molecular formula is C12H16ClNO. The number of hydrogen-bond acceptors (Lipinski definition) is 2. The highest BCUT2D eigenvalue weighted by Crippen LogP contribution is 2.43. The molecule has 0 heterocycles. The van der Waals surface area contributed by atoms with Gasteiger partial charge in [0.05, 0.1) is 12.1 Å². The Bertz CT molecular complexity index is 349. The standard InChI is InChI=1S/C12H16ClNO/c1-15-12-5-4-9(6-11(12)13)10(7-14)8-2-3-8/h4-6,8,10H,2-3,7,14H2,1H3. The molecule has 1 unspecified atom stereocenters. The Balaban J connectivity index is 2.23. The maximum Gasteiger partial charge on any atom is 0.137 e. The van der Waals surface area contributed by atoms with Crippen LogP contribution >= 0.6 is 11.6 Å². The van der Waals surface area contributed by atoms with Gasteiger partial charge >= 0.3 is 0 Å². The van der Waals surface area contributed by atoms with Crippen LogP contribution in [-0.2, 0) is 0 Å². The first-order valence-corrected chi connectivity index (χ1v) is 5.67. The number of nitrogens with two attached hydrogens (primary N) is 1. The third-order valence-electron chi connectivity index (χ3n) is 3.05. The van der Waals surface area contributed by atoms with Crippen LogP contribution in [0.5, 0.6) is 5.75 Å². The van der Waals surface area contributed by atoms with Crippen molar-refractivity contribution in [3.63, 3.8) is 0 Å². The van der Waals surface area contributed by atoms with Gasteiger partial charge < -0.3 is 10.5 Å². The molecule has 1 aromatic rings. The smallest absolute Gasteiger partial charge is 0.137 e. The molecule has 0 amide bonds. The van der Waals surface area contributed by atoms with Crippen LogP contribution in [0.15, 0.2) is 18.2 Å². The fourth-order valence-corrected chi connectivity index (χ4v) is 2.28. The van der Waals surface area contributed by atoms with Crippen LogP contribution in [0.25, 0.3) is 0 Å². The van der Waals surface area contributed by atoms with E-state index in [0.717, 1.165) is 11.7 Å². The quantitative estimate of drug-likeness (QED) is 0.855. The zero-order valence-corrected chi connectivity index (χ0v) is 9.63. The third-order valence-corrected chi connectivity index (χ3v) is 3.34. The summed E-state index contributed by atoms with van der Waals surface area (Å²) in [5.74, 6) is 1.96. The SMILES string of the molecule is COc1ccc(C(CN)C2CC2)cc1Cl. The normalized spacial score (nSPS) is 17.5. The fourth-order valence-electron chi connectivity index (χ4n) is 2.01. The molecule has 0 aromatic heterocycles. The van der Waals surface area contributed by atoms with Crippen molar-refractivity contribution in [1.29, 1.82) is 0 Å². The van der Waals surface area contributed by atoms with E-state index in [2.05, 4.69) is 6.07 Å². The number of rotatable bonds is 4. The number of ether oxygens (including phenoxy) is 1. The van der Waals surface area contributed by atoms with Crippen molar-refractivity contribution in [1.82, 2.24) is 0 Å². The summed E-state index contributed by atoms with van der Waals surface area (Å²) in [5, 5.41) is 0.675. The first-order valence-electron chi connectivity index (χ1n) is 5.29. The monoisotopic (exact) mass is 225 g/mol. The van der Waals surface area contributed by atoms with E-state index >= 15 is 0 Å². The minimum Gasteiger partial charge on any atom is -0.495 e. The van der Waals surface area contributed by atoms with Crippen molar-refractivity contribution in [3.05, 3.63) is 28.8 Å². The van der Waals surface area contributed by atoms with Gasteiger partial charge in [0.2, 0.25) is 0 Å². The molecule has 1 saturated carbocycles. The lowest BCUT2D eigenvalue weighted by atomic mass is 9.94. The van der Waals surface area contributed by atoms with Crippen LogP contribution in [0.2, 0.25) is 5.02 Å². The molecule has 3 heteroatoms. The molecule has 1 aromatic carbocycles.